The van der Waals surface area contributed by atoms with E-state index in [1.165, 1.54) is 0 Å². The number of aromatic nitrogens is 2. The van der Waals surface area contributed by atoms with Crippen molar-refractivity contribution in [3.05, 3.63) is 12.2 Å². The monoisotopic (exact) mass is 248 g/mol. The minimum Gasteiger partial charge on any atom is -0.343 e. The van der Waals surface area contributed by atoms with Crippen molar-refractivity contribution < 1.29 is 12.9 Å². The van der Waals surface area contributed by atoms with E-state index in [9.17, 15) is 8.42 Å². The number of rotatable bonds is 8. The lowest BCUT2D eigenvalue weighted by Crippen LogP contribution is -2.28. The number of hydrogen-bond donors (Lipinski definition) is 2. The molecule has 92 valence electrons. The minimum atomic E-state index is -3.25. The predicted molar refractivity (Wildman–Crippen MR) is 58.1 cm³/mol. The van der Waals surface area contributed by atoms with Gasteiger partial charge in [0.15, 0.2) is 5.82 Å². The molecule has 0 atom stereocenters. The van der Waals surface area contributed by atoms with Crippen molar-refractivity contribution in [2.24, 2.45) is 0 Å². The summed E-state index contributed by atoms with van der Waals surface area (Å²) in [7, 11) is -3.25. The van der Waals surface area contributed by atoms with Gasteiger partial charge in [0, 0.05) is 0 Å². The van der Waals surface area contributed by atoms with Crippen LogP contribution in [-0.4, -0.2) is 37.4 Å². The fourth-order valence-corrected chi connectivity index (χ4v) is 2.10. The minimum absolute atomic E-state index is 0.0695. The van der Waals surface area contributed by atoms with Gasteiger partial charge in [-0.15, -0.1) is 0 Å². The van der Waals surface area contributed by atoms with Gasteiger partial charge in [0.1, 0.15) is 0 Å². The highest BCUT2D eigenvalue weighted by Crippen LogP contribution is 1.93. The highest BCUT2D eigenvalue weighted by atomic mass is 32.2. The molecule has 0 aliphatic heterocycles. The number of sulfonamides is 1. The molecule has 1 aromatic rings. The molecule has 1 heterocycles. The van der Waals surface area contributed by atoms with Gasteiger partial charge in [-0.05, 0) is 19.5 Å². The molecule has 0 fully saturated rings. The first-order valence-corrected chi connectivity index (χ1v) is 6.72. The average Bonchev–Trinajstić information content (AvgIpc) is 2.75. The highest BCUT2D eigenvalue weighted by molar-refractivity contribution is 7.89. The van der Waals surface area contributed by atoms with Crippen LogP contribution in [0.25, 0.3) is 0 Å². The normalized spacial score (nSPS) is 11.8. The molecule has 1 aromatic heterocycles. The zero-order chi connectivity index (χ0) is 11.9. The van der Waals surface area contributed by atoms with Crippen LogP contribution in [0, 0.1) is 0 Å². The van der Waals surface area contributed by atoms with E-state index < -0.39 is 10.0 Å². The van der Waals surface area contributed by atoms with Crippen LogP contribution in [0.5, 0.6) is 0 Å². The Hall–Kier alpha value is -0.990. The third-order valence-corrected chi connectivity index (χ3v) is 3.28. The van der Waals surface area contributed by atoms with Gasteiger partial charge in [-0.1, -0.05) is 12.1 Å². The summed E-state index contributed by atoms with van der Waals surface area (Å²) in [5, 5.41) is 6.56. The van der Waals surface area contributed by atoms with Crippen molar-refractivity contribution >= 4 is 10.0 Å². The van der Waals surface area contributed by atoms with Crippen LogP contribution in [0.2, 0.25) is 0 Å². The second-order valence-corrected chi connectivity index (χ2v) is 5.12. The standard InChI is InChI=1S/C8H16N4O3S/c1-2-9-4-3-5-16(13,14)11-6-8-10-7-15-12-8/h7,9,11H,2-6H2,1H3. The largest absolute Gasteiger partial charge is 0.343 e. The maximum absolute atomic E-state index is 11.5. The van der Waals surface area contributed by atoms with Gasteiger partial charge in [-0.25, -0.2) is 13.1 Å². The summed E-state index contributed by atoms with van der Waals surface area (Å²) < 4.78 is 29.8. The van der Waals surface area contributed by atoms with Crippen molar-refractivity contribution in [3.63, 3.8) is 0 Å². The first-order valence-electron chi connectivity index (χ1n) is 5.07. The van der Waals surface area contributed by atoms with Crippen molar-refractivity contribution in [1.82, 2.24) is 20.2 Å². The molecule has 1 rings (SSSR count). The summed E-state index contributed by atoms with van der Waals surface area (Å²) in [6, 6.07) is 0. The summed E-state index contributed by atoms with van der Waals surface area (Å²) in [5.74, 6) is 0.424. The Morgan fingerprint density at radius 1 is 1.50 bits per heavy atom. The van der Waals surface area contributed by atoms with Crippen molar-refractivity contribution in [2.75, 3.05) is 18.8 Å². The molecule has 7 nitrogen and oxygen atoms in total. The molecular formula is C8H16N4O3S. The molecule has 0 saturated carbocycles. The van der Waals surface area contributed by atoms with Crippen LogP contribution in [-0.2, 0) is 16.6 Å². The van der Waals surface area contributed by atoms with E-state index in [1.807, 2.05) is 6.92 Å². The molecule has 0 radical (unpaired) electrons. The lowest BCUT2D eigenvalue weighted by Gasteiger charge is -2.04. The molecule has 0 bridgehead atoms. The van der Waals surface area contributed by atoms with Gasteiger partial charge in [0.05, 0.1) is 12.3 Å². The smallest absolute Gasteiger partial charge is 0.213 e. The quantitative estimate of drug-likeness (QED) is 0.601. The Morgan fingerprint density at radius 2 is 2.31 bits per heavy atom. The Labute approximate surface area is 94.7 Å². The lowest BCUT2D eigenvalue weighted by molar-refractivity contribution is 0.409. The van der Waals surface area contributed by atoms with E-state index in [0.717, 1.165) is 12.9 Å². The fourth-order valence-electron chi connectivity index (χ4n) is 1.08. The SMILES string of the molecule is CCNCCCS(=O)(=O)NCc1ncon1. The van der Waals surface area contributed by atoms with Gasteiger partial charge in [-0.3, -0.25) is 0 Å². The summed E-state index contributed by atoms with van der Waals surface area (Å²) in [6.45, 7) is 3.58. The second-order valence-electron chi connectivity index (χ2n) is 3.19. The van der Waals surface area contributed by atoms with Gasteiger partial charge in [-0.2, -0.15) is 4.98 Å². The van der Waals surface area contributed by atoms with Crippen LogP contribution >= 0.6 is 0 Å². The molecule has 0 aliphatic carbocycles. The van der Waals surface area contributed by atoms with Gasteiger partial charge in [0.2, 0.25) is 16.4 Å². The molecular weight excluding hydrogens is 232 g/mol. The molecule has 0 spiro atoms. The predicted octanol–water partition coefficient (Wildman–Crippen LogP) is -0.511. The molecule has 0 unspecified atom stereocenters. The maximum atomic E-state index is 11.5. The van der Waals surface area contributed by atoms with Crippen LogP contribution in [0.1, 0.15) is 19.2 Å². The molecule has 0 aliphatic rings. The third kappa shape index (κ3) is 5.19. The Bertz CT molecular complexity index is 376. The van der Waals surface area contributed by atoms with E-state index in [-0.39, 0.29) is 12.3 Å². The first kappa shape index (κ1) is 13.1. The highest BCUT2D eigenvalue weighted by Gasteiger charge is 2.10. The Morgan fingerprint density at radius 3 is 2.94 bits per heavy atom. The van der Waals surface area contributed by atoms with Crippen LogP contribution in [0.4, 0.5) is 0 Å². The lowest BCUT2D eigenvalue weighted by atomic mass is 10.5. The summed E-state index contributed by atoms with van der Waals surface area (Å²) in [5.41, 5.74) is 0. The van der Waals surface area contributed by atoms with Gasteiger partial charge >= 0.3 is 0 Å². The second kappa shape index (κ2) is 6.56. The van der Waals surface area contributed by atoms with Crippen molar-refractivity contribution in [2.45, 2.75) is 19.9 Å². The van der Waals surface area contributed by atoms with Gasteiger partial charge < -0.3 is 9.84 Å². The molecule has 0 amide bonds. The van der Waals surface area contributed by atoms with Gasteiger partial charge in [0.25, 0.3) is 0 Å². The van der Waals surface area contributed by atoms with Crippen LogP contribution < -0.4 is 10.0 Å². The van der Waals surface area contributed by atoms with E-state index in [0.29, 0.717) is 18.8 Å². The average molecular weight is 248 g/mol. The molecule has 0 aromatic carbocycles. The van der Waals surface area contributed by atoms with Crippen molar-refractivity contribution in [3.8, 4) is 0 Å². The van der Waals surface area contributed by atoms with E-state index in [4.69, 9.17) is 0 Å². The summed E-state index contributed by atoms with van der Waals surface area (Å²) in [6.07, 6.45) is 1.74. The molecule has 16 heavy (non-hydrogen) atoms. The fraction of sp³-hybridized carbons (Fsp3) is 0.750. The number of nitrogens with zero attached hydrogens (tertiary/aromatic N) is 2. The van der Waals surface area contributed by atoms with Crippen molar-refractivity contribution in [1.29, 1.82) is 0 Å². The maximum Gasteiger partial charge on any atom is 0.213 e. The topological polar surface area (TPSA) is 97.1 Å². The Balaban J connectivity index is 2.23. The van der Waals surface area contributed by atoms with E-state index in [1.54, 1.807) is 0 Å². The summed E-state index contributed by atoms with van der Waals surface area (Å²) in [4.78, 5) is 3.71. The summed E-state index contributed by atoms with van der Waals surface area (Å²) >= 11 is 0. The first-order chi connectivity index (χ1) is 7.64. The zero-order valence-corrected chi connectivity index (χ0v) is 9.96. The molecule has 2 N–H and O–H groups in total. The third-order valence-electron chi connectivity index (χ3n) is 1.87. The van der Waals surface area contributed by atoms with Crippen LogP contribution in [0.15, 0.2) is 10.9 Å². The van der Waals surface area contributed by atoms with E-state index >= 15 is 0 Å². The van der Waals surface area contributed by atoms with E-state index in [2.05, 4.69) is 24.7 Å². The number of hydrogen-bond acceptors (Lipinski definition) is 6. The number of nitrogens with one attached hydrogen (secondary N) is 2. The van der Waals surface area contributed by atoms with Crippen LogP contribution in [0.3, 0.4) is 0 Å². The molecule has 0 saturated heterocycles. The zero-order valence-electron chi connectivity index (χ0n) is 9.14. The molecule has 8 heteroatoms. The Kier molecular flexibility index (Phi) is 5.36.